The number of nitrogens with one attached hydrogen (secondary N) is 3. The average molecular weight is 759 g/mol. The number of hydrogen-bond acceptors (Lipinski definition) is 9. The van der Waals surface area contributed by atoms with E-state index >= 15 is 0 Å². The third-order valence-electron chi connectivity index (χ3n) is 8.62. The molecule has 2 aromatic heterocycles. The minimum absolute atomic E-state index is 0.00143. The van der Waals surface area contributed by atoms with E-state index in [2.05, 4.69) is 37.8 Å². The number of nitrogen functional groups attached to an aromatic ring is 1. The van der Waals surface area contributed by atoms with Crippen LogP contribution < -0.4 is 21.7 Å². The molecular weight excluding hydrogens is 713 g/mol. The lowest BCUT2D eigenvalue weighted by Gasteiger charge is -2.28. The van der Waals surface area contributed by atoms with Crippen LogP contribution in [0.3, 0.4) is 0 Å². The molecule has 2 aromatic carbocycles. The average Bonchev–Trinajstić information content (AvgIpc) is 3.45. The Bertz CT molecular complexity index is 2130. The zero-order valence-electron chi connectivity index (χ0n) is 31.5. The second kappa shape index (κ2) is 17.2. The smallest absolute Gasteiger partial charge is 0.417 e. The van der Waals surface area contributed by atoms with Gasteiger partial charge >= 0.3 is 12.3 Å². The van der Waals surface area contributed by atoms with Gasteiger partial charge in [-0.05, 0) is 75.2 Å². The number of fused-ring (bicyclic) bond motifs is 1. The summed E-state index contributed by atoms with van der Waals surface area (Å²) < 4.78 is 49.0. The molecular formula is C40H45F3N8O4. The van der Waals surface area contributed by atoms with E-state index in [1.54, 1.807) is 58.2 Å². The summed E-state index contributed by atoms with van der Waals surface area (Å²) in [6.45, 7) is 9.41. The Morgan fingerprint density at radius 1 is 1.02 bits per heavy atom. The van der Waals surface area contributed by atoms with Crippen LogP contribution in [0.2, 0.25) is 0 Å². The van der Waals surface area contributed by atoms with Crippen LogP contribution in [0, 0.1) is 11.8 Å². The van der Waals surface area contributed by atoms with E-state index < -0.39 is 35.2 Å². The van der Waals surface area contributed by atoms with Gasteiger partial charge in [0.2, 0.25) is 11.9 Å². The van der Waals surface area contributed by atoms with Gasteiger partial charge in [0.05, 0.1) is 28.8 Å². The number of benzene rings is 2. The maximum Gasteiger partial charge on any atom is 0.417 e. The summed E-state index contributed by atoms with van der Waals surface area (Å²) in [5.74, 6) is 5.16. The molecule has 55 heavy (non-hydrogen) atoms. The molecule has 3 heterocycles. The van der Waals surface area contributed by atoms with Crippen molar-refractivity contribution in [3.63, 3.8) is 0 Å². The number of carbonyl (C=O) groups is 3. The first-order valence-electron chi connectivity index (χ1n) is 17.9. The molecule has 15 heteroatoms. The molecule has 0 aliphatic carbocycles. The van der Waals surface area contributed by atoms with Crippen molar-refractivity contribution in [2.24, 2.45) is 7.05 Å². The van der Waals surface area contributed by atoms with Crippen LogP contribution in [0.4, 0.5) is 29.6 Å². The molecule has 0 saturated heterocycles. The predicted molar refractivity (Wildman–Crippen MR) is 203 cm³/mol. The number of alkyl halides is 3. The van der Waals surface area contributed by atoms with Crippen molar-refractivity contribution < 1.29 is 32.3 Å². The summed E-state index contributed by atoms with van der Waals surface area (Å²) in [6.07, 6.45) is -2.57. The standard InChI is InChI=1S/C40H45F3N8O4/c1-6-15-45-16-17-46-23-27-12-13-29(21-31(27)40(41,42)43)48-34(52)20-26-9-7-8-25(19-26)10-11-28-24-47-37(44)49-35(28)33-22-30-32(50(33)5)14-18-51(36(30)53)38(54)55-39(2,3)4/h7-9,12-13,19,21-22,24,45-46H,6,14-18,20,23H2,1-5H3,(H,48,52)(H2,44,47,49). The van der Waals surface area contributed by atoms with Crippen molar-refractivity contribution in [1.29, 1.82) is 0 Å². The number of ether oxygens (including phenoxy) is 1. The highest BCUT2D eigenvalue weighted by Crippen LogP contribution is 2.34. The Morgan fingerprint density at radius 3 is 2.51 bits per heavy atom. The van der Waals surface area contributed by atoms with Gasteiger partial charge in [-0.2, -0.15) is 13.2 Å². The molecule has 3 amide bonds. The molecule has 0 spiro atoms. The Kier molecular flexibility index (Phi) is 12.6. The molecule has 0 fully saturated rings. The summed E-state index contributed by atoms with van der Waals surface area (Å²) in [6, 6.07) is 12.3. The summed E-state index contributed by atoms with van der Waals surface area (Å²) in [7, 11) is 1.79. The van der Waals surface area contributed by atoms with E-state index in [1.807, 2.05) is 11.5 Å². The summed E-state index contributed by atoms with van der Waals surface area (Å²) in [4.78, 5) is 48.8. The minimum atomic E-state index is -4.60. The third kappa shape index (κ3) is 10.5. The lowest BCUT2D eigenvalue weighted by molar-refractivity contribution is -0.138. The fourth-order valence-electron chi connectivity index (χ4n) is 6.06. The molecule has 1 aliphatic heterocycles. The number of carbonyl (C=O) groups excluding carboxylic acids is 3. The van der Waals surface area contributed by atoms with E-state index in [9.17, 15) is 27.6 Å². The topological polar surface area (TPSA) is 156 Å². The largest absolute Gasteiger partial charge is 0.443 e. The highest BCUT2D eigenvalue weighted by Gasteiger charge is 2.36. The van der Waals surface area contributed by atoms with Crippen molar-refractivity contribution in [3.05, 3.63) is 93.8 Å². The van der Waals surface area contributed by atoms with Gasteiger partial charge < -0.3 is 31.0 Å². The van der Waals surface area contributed by atoms with Crippen LogP contribution in [-0.4, -0.2) is 69.1 Å². The molecule has 4 aromatic rings. The van der Waals surface area contributed by atoms with Crippen LogP contribution in [0.1, 0.15) is 78.0 Å². The number of imide groups is 1. The molecule has 0 radical (unpaired) electrons. The maximum atomic E-state index is 13.9. The Morgan fingerprint density at radius 2 is 1.78 bits per heavy atom. The van der Waals surface area contributed by atoms with Crippen molar-refractivity contribution >= 4 is 29.5 Å². The summed E-state index contributed by atoms with van der Waals surface area (Å²) in [5.41, 5.74) is 8.08. The van der Waals surface area contributed by atoms with Gasteiger partial charge in [-0.15, -0.1) is 0 Å². The second-order valence-corrected chi connectivity index (χ2v) is 14.1. The van der Waals surface area contributed by atoms with E-state index in [4.69, 9.17) is 10.5 Å². The first-order chi connectivity index (χ1) is 26.0. The lowest BCUT2D eigenvalue weighted by Crippen LogP contribution is -2.44. The fraction of sp³-hybridized carbons (Fsp3) is 0.375. The van der Waals surface area contributed by atoms with Crippen molar-refractivity contribution in [2.75, 3.05) is 37.2 Å². The molecule has 1 aliphatic rings. The SMILES string of the molecule is CCCNCCNCc1ccc(NC(=O)Cc2cccc(C#Cc3cnc(N)nc3-c3cc4c(n3C)CCN(C(=O)OC(C)(C)C)C4=O)c2)cc1C(F)(F)F. The molecule has 290 valence electrons. The van der Waals surface area contributed by atoms with E-state index in [-0.39, 0.29) is 36.7 Å². The summed E-state index contributed by atoms with van der Waals surface area (Å²) >= 11 is 0. The van der Waals surface area contributed by atoms with E-state index in [1.165, 1.54) is 18.3 Å². The maximum absolute atomic E-state index is 13.9. The normalized spacial score (nSPS) is 12.9. The van der Waals surface area contributed by atoms with Crippen LogP contribution in [0.5, 0.6) is 0 Å². The van der Waals surface area contributed by atoms with Gasteiger partial charge in [-0.1, -0.05) is 37.0 Å². The predicted octanol–water partition coefficient (Wildman–Crippen LogP) is 5.69. The van der Waals surface area contributed by atoms with Crippen LogP contribution in [0.25, 0.3) is 11.4 Å². The third-order valence-corrected chi connectivity index (χ3v) is 8.62. The van der Waals surface area contributed by atoms with Crippen molar-refractivity contribution in [1.82, 2.24) is 30.1 Å². The monoisotopic (exact) mass is 758 g/mol. The number of rotatable bonds is 11. The Labute approximate surface area is 318 Å². The number of halogens is 3. The first-order valence-corrected chi connectivity index (χ1v) is 17.9. The molecule has 0 atom stereocenters. The zero-order chi connectivity index (χ0) is 39.9. The molecule has 5 N–H and O–H groups in total. The molecule has 0 unspecified atom stereocenters. The Hall–Kier alpha value is -5.72. The highest BCUT2D eigenvalue weighted by molar-refractivity contribution is 6.05. The second-order valence-electron chi connectivity index (χ2n) is 14.1. The minimum Gasteiger partial charge on any atom is -0.443 e. The van der Waals surface area contributed by atoms with Crippen molar-refractivity contribution in [2.45, 2.75) is 65.3 Å². The van der Waals surface area contributed by atoms with Crippen molar-refractivity contribution in [3.8, 4) is 23.2 Å². The Balaban J connectivity index is 1.30. The molecule has 0 saturated carbocycles. The van der Waals surface area contributed by atoms with E-state index in [0.717, 1.165) is 29.6 Å². The quantitative estimate of drug-likeness (QED) is 0.112. The number of amides is 3. The molecule has 5 rings (SSSR count). The number of nitrogens with zero attached hydrogens (tertiary/aromatic N) is 4. The van der Waals surface area contributed by atoms with Gasteiger partial charge in [0.25, 0.3) is 5.91 Å². The molecule has 0 bridgehead atoms. The highest BCUT2D eigenvalue weighted by atomic mass is 19.4. The molecule has 12 nitrogen and oxygen atoms in total. The van der Waals surface area contributed by atoms with Crippen LogP contribution >= 0.6 is 0 Å². The van der Waals surface area contributed by atoms with Gasteiger partial charge in [0, 0.05) is 62.8 Å². The van der Waals surface area contributed by atoms with Gasteiger partial charge in [-0.25, -0.2) is 19.7 Å². The van der Waals surface area contributed by atoms with Gasteiger partial charge in [-0.3, -0.25) is 9.59 Å². The van der Waals surface area contributed by atoms with E-state index in [0.29, 0.717) is 53.2 Å². The number of aromatic nitrogens is 3. The van der Waals surface area contributed by atoms with Crippen LogP contribution in [0.15, 0.2) is 54.7 Å². The number of hydrogen-bond donors (Lipinski definition) is 4. The fourth-order valence-corrected chi connectivity index (χ4v) is 6.06. The zero-order valence-corrected chi connectivity index (χ0v) is 31.5. The van der Waals surface area contributed by atoms with Gasteiger partial charge in [0.1, 0.15) is 11.3 Å². The number of anilines is 2. The van der Waals surface area contributed by atoms with Gasteiger partial charge in [0.15, 0.2) is 0 Å². The first kappa shape index (κ1) is 40.5. The number of nitrogens with two attached hydrogens (primary N) is 1. The van der Waals surface area contributed by atoms with Crippen LogP contribution in [-0.2, 0) is 42.1 Å². The summed E-state index contributed by atoms with van der Waals surface area (Å²) in [5, 5.41) is 8.81. The lowest BCUT2D eigenvalue weighted by atomic mass is 10.0.